The molecule has 0 aromatic heterocycles. The molecular weight excluding hydrogens is 340 g/mol. The predicted molar refractivity (Wildman–Crippen MR) is 95.9 cm³/mol. The minimum absolute atomic E-state index is 0.0931. The van der Waals surface area contributed by atoms with E-state index in [1.54, 1.807) is 18.2 Å². The van der Waals surface area contributed by atoms with Crippen LogP contribution in [-0.2, 0) is 4.79 Å². The summed E-state index contributed by atoms with van der Waals surface area (Å²) in [5.41, 5.74) is -1.27. The van der Waals surface area contributed by atoms with E-state index in [0.717, 1.165) is 44.6 Å². The van der Waals surface area contributed by atoms with Crippen LogP contribution in [0.15, 0.2) is 35.7 Å². The summed E-state index contributed by atoms with van der Waals surface area (Å²) in [6, 6.07) is 6.77. The molecule has 1 atom stereocenters. The van der Waals surface area contributed by atoms with Crippen LogP contribution in [0.3, 0.4) is 0 Å². The van der Waals surface area contributed by atoms with Crippen molar-refractivity contribution >= 4 is 5.97 Å². The van der Waals surface area contributed by atoms with E-state index in [-0.39, 0.29) is 11.7 Å². The van der Waals surface area contributed by atoms with Crippen molar-refractivity contribution in [1.29, 1.82) is 0 Å². The molecule has 0 spiro atoms. The van der Waals surface area contributed by atoms with Crippen molar-refractivity contribution in [2.45, 2.75) is 58.8 Å². The van der Waals surface area contributed by atoms with Gasteiger partial charge in [-0.15, -0.1) is 0 Å². The molecule has 0 saturated carbocycles. The number of unbranched alkanes of at least 4 members (excludes halogenated alkanes) is 3. The van der Waals surface area contributed by atoms with E-state index in [1.165, 1.54) is 6.07 Å². The second kappa shape index (κ2) is 10.3. The Hall–Kier alpha value is -2.77. The molecule has 1 aromatic carbocycles. The molecular formula is C18H24N2O6. The summed E-state index contributed by atoms with van der Waals surface area (Å²) in [5, 5.41) is 21.8. The van der Waals surface area contributed by atoms with Crippen molar-refractivity contribution < 1.29 is 19.4 Å². The van der Waals surface area contributed by atoms with Gasteiger partial charge in [0, 0.05) is 6.92 Å². The Kier molecular flexibility index (Phi) is 8.41. The Morgan fingerprint density at radius 1 is 1.12 bits per heavy atom. The van der Waals surface area contributed by atoms with Gasteiger partial charge in [0.05, 0.1) is 9.85 Å². The van der Waals surface area contributed by atoms with Gasteiger partial charge in [0.25, 0.3) is 0 Å². The fraction of sp³-hybridized carbons (Fsp3) is 0.500. The molecule has 8 heteroatoms. The van der Waals surface area contributed by atoms with Gasteiger partial charge in [-0.2, -0.15) is 0 Å². The number of ether oxygens (including phenoxy) is 1. The van der Waals surface area contributed by atoms with Crippen LogP contribution >= 0.6 is 0 Å². The first-order valence-electron chi connectivity index (χ1n) is 8.60. The number of nitro groups is 2. The maximum absolute atomic E-state index is 12.1. The van der Waals surface area contributed by atoms with Crippen LogP contribution in [-0.4, -0.2) is 15.8 Å². The Bertz CT molecular complexity index is 699. The molecule has 0 bridgehead atoms. The van der Waals surface area contributed by atoms with E-state index in [0.29, 0.717) is 0 Å². The van der Waals surface area contributed by atoms with Crippen molar-refractivity contribution in [3.05, 3.63) is 61.5 Å². The zero-order valence-electron chi connectivity index (χ0n) is 15.3. The molecule has 0 N–H and O–H groups in total. The fourth-order valence-corrected chi connectivity index (χ4v) is 2.60. The quantitative estimate of drug-likeness (QED) is 0.151. The largest absolute Gasteiger partial charge is 0.425 e. The standard InChI is InChI=1S/C18H24N2O6/c1-4-5-6-7-10-13(2)15-11-8-9-12-16(15)26-18(21)17(20(24)25)14(3)19(22)23/h8-9,11-13H,4-7,10H2,1-3H3. The summed E-state index contributed by atoms with van der Waals surface area (Å²) in [7, 11) is 0. The number of esters is 1. The van der Waals surface area contributed by atoms with Crippen LogP contribution in [0.4, 0.5) is 0 Å². The highest BCUT2D eigenvalue weighted by Gasteiger charge is 2.35. The molecule has 0 aliphatic carbocycles. The van der Waals surface area contributed by atoms with Gasteiger partial charge >= 0.3 is 17.4 Å². The molecule has 1 aromatic rings. The first-order valence-corrected chi connectivity index (χ1v) is 8.60. The number of hydrogen-bond acceptors (Lipinski definition) is 6. The molecule has 142 valence electrons. The number of carbonyl (C=O) groups is 1. The number of carbonyl (C=O) groups excluding carboxylic acids is 1. The highest BCUT2D eigenvalue weighted by molar-refractivity contribution is 5.88. The molecule has 0 heterocycles. The average Bonchev–Trinajstić information content (AvgIpc) is 2.58. The zero-order chi connectivity index (χ0) is 19.7. The Morgan fingerprint density at radius 2 is 1.77 bits per heavy atom. The normalized spacial score (nSPS) is 12.9. The van der Waals surface area contributed by atoms with E-state index in [9.17, 15) is 25.0 Å². The summed E-state index contributed by atoms with van der Waals surface area (Å²) in [4.78, 5) is 31.9. The summed E-state index contributed by atoms with van der Waals surface area (Å²) >= 11 is 0. The minimum atomic E-state index is -1.34. The van der Waals surface area contributed by atoms with Gasteiger partial charge in [0.15, 0.2) is 0 Å². The van der Waals surface area contributed by atoms with E-state index in [2.05, 4.69) is 6.92 Å². The smallest absolute Gasteiger partial charge is 0.418 e. The predicted octanol–water partition coefficient (Wildman–Crippen LogP) is 4.45. The fourth-order valence-electron chi connectivity index (χ4n) is 2.60. The molecule has 0 amide bonds. The maximum Gasteiger partial charge on any atom is 0.425 e. The van der Waals surface area contributed by atoms with Gasteiger partial charge in [0.1, 0.15) is 5.75 Å². The number of hydrogen-bond donors (Lipinski definition) is 0. The van der Waals surface area contributed by atoms with Crippen LogP contribution in [0.5, 0.6) is 5.75 Å². The van der Waals surface area contributed by atoms with Gasteiger partial charge in [-0.25, -0.2) is 4.79 Å². The number of para-hydroxylation sites is 1. The topological polar surface area (TPSA) is 113 Å². The Labute approximate surface area is 152 Å². The van der Waals surface area contributed by atoms with Crippen LogP contribution in [0.1, 0.15) is 64.4 Å². The van der Waals surface area contributed by atoms with Gasteiger partial charge in [-0.3, -0.25) is 20.2 Å². The molecule has 1 unspecified atom stereocenters. The molecule has 0 radical (unpaired) electrons. The van der Waals surface area contributed by atoms with E-state index in [1.807, 2.05) is 6.92 Å². The van der Waals surface area contributed by atoms with Gasteiger partial charge in [-0.1, -0.05) is 57.7 Å². The van der Waals surface area contributed by atoms with Crippen LogP contribution in [0, 0.1) is 20.2 Å². The summed E-state index contributed by atoms with van der Waals surface area (Å²) in [6.07, 6.45) is 5.31. The highest BCUT2D eigenvalue weighted by Crippen LogP contribution is 2.30. The maximum atomic E-state index is 12.1. The van der Waals surface area contributed by atoms with E-state index in [4.69, 9.17) is 4.74 Å². The number of nitrogens with zero attached hydrogens (tertiary/aromatic N) is 2. The van der Waals surface area contributed by atoms with Crippen LogP contribution in [0.25, 0.3) is 0 Å². The Balaban J connectivity index is 3.00. The molecule has 26 heavy (non-hydrogen) atoms. The van der Waals surface area contributed by atoms with Gasteiger partial charge < -0.3 is 4.74 Å². The highest BCUT2D eigenvalue weighted by atomic mass is 16.6. The average molecular weight is 364 g/mol. The van der Waals surface area contributed by atoms with Gasteiger partial charge in [-0.05, 0) is 24.0 Å². The van der Waals surface area contributed by atoms with Crippen molar-refractivity contribution in [2.75, 3.05) is 0 Å². The third-order valence-corrected chi connectivity index (χ3v) is 4.14. The van der Waals surface area contributed by atoms with Crippen molar-refractivity contribution in [3.8, 4) is 5.75 Å². The summed E-state index contributed by atoms with van der Waals surface area (Å²) in [5.74, 6) is -1.05. The lowest BCUT2D eigenvalue weighted by Gasteiger charge is -2.15. The number of benzene rings is 1. The zero-order valence-corrected chi connectivity index (χ0v) is 15.3. The summed E-state index contributed by atoms with van der Waals surface area (Å²) < 4.78 is 5.15. The molecule has 0 aliphatic rings. The second-order valence-electron chi connectivity index (χ2n) is 6.13. The van der Waals surface area contributed by atoms with E-state index >= 15 is 0 Å². The number of rotatable bonds is 10. The first kappa shape index (κ1) is 21.3. The summed E-state index contributed by atoms with van der Waals surface area (Å²) in [6.45, 7) is 5.03. The lowest BCUT2D eigenvalue weighted by atomic mass is 9.94. The minimum Gasteiger partial charge on any atom is -0.418 e. The third kappa shape index (κ3) is 5.94. The van der Waals surface area contributed by atoms with Crippen molar-refractivity contribution in [2.24, 2.45) is 0 Å². The van der Waals surface area contributed by atoms with Gasteiger partial charge in [0.2, 0.25) is 0 Å². The first-order chi connectivity index (χ1) is 12.3. The van der Waals surface area contributed by atoms with Crippen LogP contribution in [0.2, 0.25) is 0 Å². The molecule has 0 saturated heterocycles. The second-order valence-corrected chi connectivity index (χ2v) is 6.13. The van der Waals surface area contributed by atoms with Crippen molar-refractivity contribution in [3.63, 3.8) is 0 Å². The Morgan fingerprint density at radius 3 is 2.35 bits per heavy atom. The lowest BCUT2D eigenvalue weighted by Crippen LogP contribution is -2.22. The molecule has 8 nitrogen and oxygen atoms in total. The third-order valence-electron chi connectivity index (χ3n) is 4.14. The monoisotopic (exact) mass is 364 g/mol. The van der Waals surface area contributed by atoms with E-state index < -0.39 is 27.2 Å². The SMILES string of the molecule is CCCCCCC(C)c1ccccc1OC(=O)C(=C(C)[N+](=O)[O-])[N+](=O)[O-]. The number of allylic oxidation sites excluding steroid dienone is 1. The van der Waals surface area contributed by atoms with Crippen molar-refractivity contribution in [1.82, 2.24) is 0 Å². The molecule has 1 rings (SSSR count). The lowest BCUT2D eigenvalue weighted by molar-refractivity contribution is -0.467. The molecule has 0 aliphatic heterocycles. The molecule has 0 fully saturated rings. The van der Waals surface area contributed by atoms with Crippen LogP contribution < -0.4 is 4.74 Å².